The Hall–Kier alpha value is -5.15. The van der Waals surface area contributed by atoms with Crippen LogP contribution in [0.25, 0.3) is 0 Å². The summed E-state index contributed by atoms with van der Waals surface area (Å²) in [6.45, 7) is 1.34. The van der Waals surface area contributed by atoms with Gasteiger partial charge in [-0.3, -0.25) is 19.3 Å². The first kappa shape index (κ1) is 30.9. The smallest absolute Gasteiger partial charge is 0.356 e. The molecule has 6 rings (SSSR count). The lowest BCUT2D eigenvalue weighted by Crippen LogP contribution is -2.70. The fraction of sp³-hybridized carbons (Fsp3) is 0.189. The number of thioether (sulfide) groups is 1. The maximum absolute atomic E-state index is 14.2. The molecule has 2 aliphatic rings. The van der Waals surface area contributed by atoms with Gasteiger partial charge in [0.1, 0.15) is 22.9 Å². The van der Waals surface area contributed by atoms with Gasteiger partial charge in [-0.05, 0) is 46.4 Å². The number of hydrogen-bond acceptors (Lipinski definition) is 7. The molecule has 2 heterocycles. The van der Waals surface area contributed by atoms with Gasteiger partial charge in [0.05, 0.1) is 6.42 Å². The number of benzene rings is 4. The second kappa shape index (κ2) is 13.9. The summed E-state index contributed by atoms with van der Waals surface area (Å²) in [4.78, 5) is 53.6. The summed E-state index contributed by atoms with van der Waals surface area (Å²) >= 11 is 1.50. The van der Waals surface area contributed by atoms with Crippen LogP contribution >= 0.6 is 11.8 Å². The molecule has 1 fully saturated rings. The lowest BCUT2D eigenvalue weighted by Gasteiger charge is -2.50. The number of amides is 2. The van der Waals surface area contributed by atoms with Gasteiger partial charge < -0.3 is 14.8 Å². The molecule has 0 aliphatic carbocycles. The highest BCUT2D eigenvalue weighted by molar-refractivity contribution is 8.00. The minimum absolute atomic E-state index is 0.150. The Balaban J connectivity index is 1.29. The zero-order valence-electron chi connectivity index (χ0n) is 25.1. The maximum Gasteiger partial charge on any atom is 0.356 e. The summed E-state index contributed by atoms with van der Waals surface area (Å²) in [6.07, 6.45) is -0.171. The van der Waals surface area contributed by atoms with Crippen LogP contribution in [0.1, 0.15) is 35.3 Å². The summed E-state index contributed by atoms with van der Waals surface area (Å²) in [7, 11) is 0. The van der Waals surface area contributed by atoms with Gasteiger partial charge in [-0.25, -0.2) is 4.79 Å². The van der Waals surface area contributed by atoms with Crippen molar-refractivity contribution in [3.63, 3.8) is 0 Å². The van der Waals surface area contributed by atoms with E-state index in [-0.39, 0.29) is 23.9 Å². The molecule has 2 atom stereocenters. The molecule has 232 valence electrons. The largest absolute Gasteiger partial charge is 0.448 e. The molecule has 0 aromatic heterocycles. The molecule has 9 heteroatoms. The quantitative estimate of drug-likeness (QED) is 0.142. The van der Waals surface area contributed by atoms with Crippen molar-refractivity contribution < 1.29 is 28.7 Å². The molecule has 8 nitrogen and oxygen atoms in total. The topological polar surface area (TPSA) is 102 Å². The maximum atomic E-state index is 14.2. The summed E-state index contributed by atoms with van der Waals surface area (Å²) in [6, 6.07) is 34.6. The van der Waals surface area contributed by atoms with Crippen LogP contribution in [0.4, 0.5) is 0 Å². The Kier molecular flexibility index (Phi) is 9.30. The van der Waals surface area contributed by atoms with Crippen LogP contribution in [0.15, 0.2) is 127 Å². The van der Waals surface area contributed by atoms with Gasteiger partial charge in [0.15, 0.2) is 6.10 Å². The number of nitrogens with one attached hydrogen (secondary N) is 1. The highest BCUT2D eigenvalue weighted by atomic mass is 32.2. The Morgan fingerprint density at radius 3 is 2.00 bits per heavy atom. The highest BCUT2D eigenvalue weighted by Crippen LogP contribution is 2.42. The lowest BCUT2D eigenvalue weighted by atomic mass is 9.98. The van der Waals surface area contributed by atoms with Crippen molar-refractivity contribution in [3.05, 3.63) is 149 Å². The molecular formula is C37H32N2O6S. The fourth-order valence-corrected chi connectivity index (χ4v) is 6.99. The first-order chi connectivity index (χ1) is 22.4. The van der Waals surface area contributed by atoms with Crippen molar-refractivity contribution in [2.24, 2.45) is 0 Å². The number of esters is 2. The molecule has 2 amide bonds. The van der Waals surface area contributed by atoms with Gasteiger partial charge in [0.2, 0.25) is 5.91 Å². The number of fused-ring (bicyclic) bond motifs is 1. The van der Waals surface area contributed by atoms with E-state index in [0.29, 0.717) is 17.9 Å². The fourth-order valence-electron chi connectivity index (χ4n) is 5.65. The van der Waals surface area contributed by atoms with E-state index in [1.165, 1.54) is 23.6 Å². The summed E-state index contributed by atoms with van der Waals surface area (Å²) in [5.41, 5.74) is 4.25. The molecule has 0 unspecified atom stereocenters. The van der Waals surface area contributed by atoms with Crippen LogP contribution in [0, 0.1) is 0 Å². The van der Waals surface area contributed by atoms with Gasteiger partial charge in [0, 0.05) is 12.7 Å². The molecule has 0 radical (unpaired) electrons. The number of rotatable bonds is 10. The second-order valence-corrected chi connectivity index (χ2v) is 12.2. The van der Waals surface area contributed by atoms with Crippen molar-refractivity contribution in [1.29, 1.82) is 0 Å². The Bertz CT molecular complexity index is 1720. The van der Waals surface area contributed by atoms with E-state index in [0.717, 1.165) is 27.8 Å². The van der Waals surface area contributed by atoms with Crippen LogP contribution in [0.5, 0.6) is 5.75 Å². The number of nitrogens with zero attached hydrogens (tertiary/aromatic N) is 1. The zero-order chi connectivity index (χ0) is 32.0. The normalized spacial score (nSPS) is 17.2. The highest BCUT2D eigenvalue weighted by Gasteiger charge is 2.54. The third kappa shape index (κ3) is 6.89. The lowest BCUT2D eigenvalue weighted by molar-refractivity contribution is -0.154. The molecule has 0 spiro atoms. The van der Waals surface area contributed by atoms with E-state index in [1.54, 1.807) is 12.1 Å². The number of hydrogen-bond donors (Lipinski definition) is 1. The van der Waals surface area contributed by atoms with E-state index in [1.807, 2.05) is 103 Å². The Morgan fingerprint density at radius 2 is 1.41 bits per heavy atom. The van der Waals surface area contributed by atoms with Crippen molar-refractivity contribution in [2.75, 3.05) is 5.75 Å². The second-order valence-electron chi connectivity index (χ2n) is 11.1. The van der Waals surface area contributed by atoms with E-state index in [9.17, 15) is 19.2 Å². The Labute approximate surface area is 271 Å². The minimum atomic E-state index is -0.757. The SMILES string of the molecule is CC(=O)Oc1ccc(CC2=C(C(=O)OC(c3ccccc3)c3ccccc3)N3C(=O)[C@@H](NC(=O)Cc4ccccc4)[C@H]3SC2)cc1. The standard InChI is InChI=1S/C37H32N2O6S/c1-24(40)44-30-19-17-26(18-20-30)21-29-23-46-36-32(38-31(41)22-25-11-5-2-6-12-25)35(42)39(36)33(29)37(43)45-34(27-13-7-3-8-14-27)28-15-9-4-10-16-28/h2-20,32,34,36H,21-23H2,1H3,(H,38,41)/t32-,36-/m1/s1. The van der Waals surface area contributed by atoms with Crippen LogP contribution in [0.3, 0.4) is 0 Å². The van der Waals surface area contributed by atoms with Crippen molar-refractivity contribution in [2.45, 2.75) is 37.3 Å². The van der Waals surface area contributed by atoms with E-state index >= 15 is 0 Å². The van der Waals surface area contributed by atoms with E-state index in [4.69, 9.17) is 9.47 Å². The molecule has 0 saturated carbocycles. The molecule has 1 saturated heterocycles. The third-order valence-corrected chi connectivity index (χ3v) is 9.14. The average Bonchev–Trinajstić information content (AvgIpc) is 3.07. The first-order valence-corrected chi connectivity index (χ1v) is 16.0. The average molecular weight is 633 g/mol. The Morgan fingerprint density at radius 1 is 0.826 bits per heavy atom. The predicted octanol–water partition coefficient (Wildman–Crippen LogP) is 5.38. The van der Waals surface area contributed by atoms with Crippen molar-refractivity contribution >= 4 is 35.5 Å². The molecule has 2 aliphatic heterocycles. The van der Waals surface area contributed by atoms with Crippen LogP contribution in [-0.4, -0.2) is 45.8 Å². The zero-order valence-corrected chi connectivity index (χ0v) is 25.9. The third-order valence-electron chi connectivity index (χ3n) is 7.80. The van der Waals surface area contributed by atoms with E-state index < -0.39 is 29.5 Å². The van der Waals surface area contributed by atoms with Gasteiger partial charge in [-0.15, -0.1) is 11.8 Å². The molecule has 4 aromatic rings. The number of carbonyl (C=O) groups excluding carboxylic acids is 4. The molecule has 46 heavy (non-hydrogen) atoms. The summed E-state index contributed by atoms with van der Waals surface area (Å²) in [5, 5.41) is 2.44. The number of β-lactam (4-membered cyclic amide) rings is 1. The number of ether oxygens (including phenoxy) is 2. The first-order valence-electron chi connectivity index (χ1n) is 15.0. The van der Waals surface area contributed by atoms with Gasteiger partial charge >= 0.3 is 11.9 Å². The van der Waals surface area contributed by atoms with E-state index in [2.05, 4.69) is 5.32 Å². The van der Waals surface area contributed by atoms with Crippen LogP contribution < -0.4 is 10.1 Å². The molecular weight excluding hydrogens is 600 g/mol. The summed E-state index contributed by atoms with van der Waals surface area (Å²) in [5.74, 6) is -0.769. The van der Waals surface area contributed by atoms with Gasteiger partial charge in [-0.2, -0.15) is 0 Å². The predicted molar refractivity (Wildman–Crippen MR) is 174 cm³/mol. The van der Waals surface area contributed by atoms with Gasteiger partial charge in [-0.1, -0.05) is 103 Å². The number of carbonyl (C=O) groups is 4. The molecule has 4 aromatic carbocycles. The summed E-state index contributed by atoms with van der Waals surface area (Å²) < 4.78 is 11.4. The van der Waals surface area contributed by atoms with Crippen LogP contribution in [-0.2, 0) is 36.8 Å². The van der Waals surface area contributed by atoms with Crippen molar-refractivity contribution in [3.8, 4) is 5.75 Å². The minimum Gasteiger partial charge on any atom is -0.448 e. The molecule has 1 N–H and O–H groups in total. The molecule has 0 bridgehead atoms. The van der Waals surface area contributed by atoms with Gasteiger partial charge in [0.25, 0.3) is 5.91 Å². The monoisotopic (exact) mass is 632 g/mol. The van der Waals surface area contributed by atoms with Crippen LogP contribution in [0.2, 0.25) is 0 Å². The van der Waals surface area contributed by atoms with Crippen molar-refractivity contribution in [1.82, 2.24) is 10.2 Å².